The van der Waals surface area contributed by atoms with Gasteiger partial charge in [0, 0.05) is 12.8 Å². The molecule has 2 heterocycles. The van der Waals surface area contributed by atoms with Crippen molar-refractivity contribution in [2.75, 3.05) is 0 Å². The zero-order valence-electron chi connectivity index (χ0n) is 9.69. The smallest absolute Gasteiger partial charge is 0.266 e. The lowest BCUT2D eigenvalue weighted by molar-refractivity contribution is -0.115. The molecule has 2 rings (SSSR count). The van der Waals surface area contributed by atoms with E-state index in [2.05, 4.69) is 10.5 Å². The SMILES string of the molecule is NC(=O)C1=CC(CC2CCCCC(N)=N2)ON1. The number of carbonyl (C=O) groups excluding carboxylic acids is 1. The Hall–Kier alpha value is -1.56. The Balaban J connectivity index is 1.93. The van der Waals surface area contributed by atoms with Gasteiger partial charge in [-0.15, -0.1) is 0 Å². The van der Waals surface area contributed by atoms with Gasteiger partial charge in [-0.1, -0.05) is 6.42 Å². The number of amides is 1. The van der Waals surface area contributed by atoms with Crippen molar-refractivity contribution in [1.29, 1.82) is 0 Å². The van der Waals surface area contributed by atoms with Gasteiger partial charge in [0.05, 0.1) is 11.9 Å². The van der Waals surface area contributed by atoms with Gasteiger partial charge in [-0.2, -0.15) is 0 Å². The average molecular weight is 238 g/mol. The number of nitrogens with zero attached hydrogens (tertiary/aromatic N) is 1. The van der Waals surface area contributed by atoms with Crippen molar-refractivity contribution >= 4 is 11.7 Å². The van der Waals surface area contributed by atoms with E-state index in [9.17, 15) is 4.79 Å². The van der Waals surface area contributed by atoms with Crippen LogP contribution in [0.1, 0.15) is 32.1 Å². The molecular weight excluding hydrogens is 220 g/mol. The normalized spacial score (nSPS) is 28.9. The highest BCUT2D eigenvalue weighted by Gasteiger charge is 2.23. The molecule has 0 saturated carbocycles. The summed E-state index contributed by atoms with van der Waals surface area (Å²) in [5.74, 6) is 0.217. The van der Waals surface area contributed by atoms with Crippen LogP contribution in [0.2, 0.25) is 0 Å². The minimum absolute atomic E-state index is 0.155. The van der Waals surface area contributed by atoms with E-state index in [1.165, 1.54) is 0 Å². The van der Waals surface area contributed by atoms with E-state index in [0.717, 1.165) is 37.9 Å². The Kier molecular flexibility index (Phi) is 3.63. The molecule has 0 aliphatic carbocycles. The fourth-order valence-corrected chi connectivity index (χ4v) is 2.13. The van der Waals surface area contributed by atoms with Crippen molar-refractivity contribution in [3.05, 3.63) is 11.8 Å². The number of primary amides is 1. The number of rotatable bonds is 3. The summed E-state index contributed by atoms with van der Waals surface area (Å²) in [5, 5.41) is 0. The number of carbonyl (C=O) groups is 1. The van der Waals surface area contributed by atoms with Gasteiger partial charge in [-0.05, 0) is 18.9 Å². The first-order valence-corrected chi connectivity index (χ1v) is 5.90. The fraction of sp³-hybridized carbons (Fsp3) is 0.636. The van der Waals surface area contributed by atoms with Crippen LogP contribution in [-0.2, 0) is 9.63 Å². The largest absolute Gasteiger partial charge is 0.387 e. The molecule has 1 amide bonds. The molecule has 2 aliphatic rings. The highest BCUT2D eigenvalue weighted by atomic mass is 16.7. The summed E-state index contributed by atoms with van der Waals surface area (Å²) < 4.78 is 0. The molecule has 6 heteroatoms. The van der Waals surface area contributed by atoms with Gasteiger partial charge in [-0.25, -0.2) is 0 Å². The second-order valence-electron chi connectivity index (χ2n) is 4.46. The number of aliphatic imine (C=N–C) groups is 1. The van der Waals surface area contributed by atoms with E-state index in [4.69, 9.17) is 16.3 Å². The average Bonchev–Trinajstić information content (AvgIpc) is 2.63. The molecule has 2 atom stereocenters. The van der Waals surface area contributed by atoms with Crippen LogP contribution in [0.4, 0.5) is 0 Å². The van der Waals surface area contributed by atoms with Crippen molar-refractivity contribution in [1.82, 2.24) is 5.48 Å². The number of nitrogens with one attached hydrogen (secondary N) is 1. The lowest BCUT2D eigenvalue weighted by Crippen LogP contribution is -2.23. The summed E-state index contributed by atoms with van der Waals surface area (Å²) >= 11 is 0. The molecule has 0 saturated heterocycles. The summed E-state index contributed by atoms with van der Waals surface area (Å²) in [4.78, 5) is 20.6. The fourth-order valence-electron chi connectivity index (χ4n) is 2.13. The van der Waals surface area contributed by atoms with E-state index in [1.54, 1.807) is 6.08 Å². The highest BCUT2D eigenvalue weighted by molar-refractivity contribution is 5.91. The lowest BCUT2D eigenvalue weighted by atomic mass is 10.0. The number of hydroxylamine groups is 1. The molecule has 2 aliphatic heterocycles. The molecule has 0 fully saturated rings. The third-order valence-corrected chi connectivity index (χ3v) is 3.01. The number of hydrogen-bond donors (Lipinski definition) is 3. The van der Waals surface area contributed by atoms with E-state index in [0.29, 0.717) is 5.70 Å². The topological polar surface area (TPSA) is 103 Å². The van der Waals surface area contributed by atoms with Crippen LogP contribution in [0.5, 0.6) is 0 Å². The quantitative estimate of drug-likeness (QED) is 0.641. The maximum atomic E-state index is 10.9. The molecule has 2 unspecified atom stereocenters. The van der Waals surface area contributed by atoms with Crippen LogP contribution >= 0.6 is 0 Å². The van der Waals surface area contributed by atoms with Gasteiger partial charge in [-0.3, -0.25) is 20.1 Å². The van der Waals surface area contributed by atoms with Crippen LogP contribution in [0.25, 0.3) is 0 Å². The van der Waals surface area contributed by atoms with Gasteiger partial charge >= 0.3 is 0 Å². The molecule has 0 aromatic heterocycles. The Morgan fingerprint density at radius 1 is 1.59 bits per heavy atom. The lowest BCUT2D eigenvalue weighted by Gasteiger charge is -2.13. The maximum Gasteiger partial charge on any atom is 0.266 e. The van der Waals surface area contributed by atoms with Crippen molar-refractivity contribution in [2.24, 2.45) is 16.5 Å². The number of hydrogen-bond acceptors (Lipinski definition) is 5. The first kappa shape index (κ1) is 11.9. The Morgan fingerprint density at radius 3 is 3.12 bits per heavy atom. The minimum Gasteiger partial charge on any atom is -0.387 e. The standard InChI is InChI=1S/C11H18N4O2/c12-10-4-2-1-3-7(14-10)5-8-6-9(11(13)16)15-17-8/h6-8,15H,1-5H2,(H2,12,14)(H2,13,16). The van der Waals surface area contributed by atoms with Crippen molar-refractivity contribution in [2.45, 2.75) is 44.2 Å². The molecule has 5 N–H and O–H groups in total. The molecule has 0 aromatic rings. The molecule has 17 heavy (non-hydrogen) atoms. The predicted molar refractivity (Wildman–Crippen MR) is 63.8 cm³/mol. The van der Waals surface area contributed by atoms with Gasteiger partial charge in [0.25, 0.3) is 5.91 Å². The Labute approximate surface area is 100 Å². The van der Waals surface area contributed by atoms with E-state index < -0.39 is 5.91 Å². The first-order valence-electron chi connectivity index (χ1n) is 5.90. The van der Waals surface area contributed by atoms with Gasteiger partial charge in [0.1, 0.15) is 11.8 Å². The Bertz CT molecular complexity index is 364. The molecular formula is C11H18N4O2. The van der Waals surface area contributed by atoms with Crippen LogP contribution in [0.3, 0.4) is 0 Å². The van der Waals surface area contributed by atoms with Crippen LogP contribution in [0.15, 0.2) is 16.8 Å². The first-order chi connectivity index (χ1) is 8.15. The van der Waals surface area contributed by atoms with Crippen molar-refractivity contribution in [3.8, 4) is 0 Å². The van der Waals surface area contributed by atoms with E-state index >= 15 is 0 Å². The summed E-state index contributed by atoms with van der Waals surface area (Å²) in [6.07, 6.45) is 6.39. The monoisotopic (exact) mass is 238 g/mol. The van der Waals surface area contributed by atoms with Gasteiger partial charge in [0.15, 0.2) is 0 Å². The van der Waals surface area contributed by atoms with Crippen LogP contribution in [-0.4, -0.2) is 23.9 Å². The zero-order valence-corrected chi connectivity index (χ0v) is 9.69. The Morgan fingerprint density at radius 2 is 2.41 bits per heavy atom. The second kappa shape index (κ2) is 5.18. The third-order valence-electron chi connectivity index (χ3n) is 3.01. The molecule has 94 valence electrons. The summed E-state index contributed by atoms with van der Waals surface area (Å²) in [7, 11) is 0. The van der Waals surface area contributed by atoms with Gasteiger partial charge in [0.2, 0.25) is 0 Å². The molecule has 6 nitrogen and oxygen atoms in total. The second-order valence-corrected chi connectivity index (χ2v) is 4.46. The molecule has 0 radical (unpaired) electrons. The van der Waals surface area contributed by atoms with Crippen LogP contribution in [0, 0.1) is 0 Å². The molecule has 0 bridgehead atoms. The summed E-state index contributed by atoms with van der Waals surface area (Å²) in [6.45, 7) is 0. The third kappa shape index (κ3) is 3.20. The van der Waals surface area contributed by atoms with Gasteiger partial charge < -0.3 is 11.5 Å². The summed E-state index contributed by atoms with van der Waals surface area (Å²) in [6, 6.07) is 0.174. The van der Waals surface area contributed by atoms with E-state index in [1.807, 2.05) is 0 Å². The van der Waals surface area contributed by atoms with Crippen LogP contribution < -0.4 is 16.9 Å². The van der Waals surface area contributed by atoms with Crippen molar-refractivity contribution < 1.29 is 9.63 Å². The predicted octanol–water partition coefficient (Wildman–Crippen LogP) is -0.0511. The number of amidine groups is 1. The minimum atomic E-state index is -0.503. The maximum absolute atomic E-state index is 10.9. The number of nitrogens with two attached hydrogens (primary N) is 2. The highest BCUT2D eigenvalue weighted by Crippen LogP contribution is 2.20. The molecule has 0 spiro atoms. The zero-order chi connectivity index (χ0) is 12.3. The van der Waals surface area contributed by atoms with E-state index in [-0.39, 0.29) is 12.1 Å². The van der Waals surface area contributed by atoms with Crippen molar-refractivity contribution in [3.63, 3.8) is 0 Å². The molecule has 0 aromatic carbocycles. The summed E-state index contributed by atoms with van der Waals surface area (Å²) in [5.41, 5.74) is 13.8.